The molecule has 0 unspecified atom stereocenters. The van der Waals surface area contributed by atoms with Crippen molar-refractivity contribution in [2.45, 2.75) is 6.42 Å². The van der Waals surface area contributed by atoms with Gasteiger partial charge in [-0.3, -0.25) is 4.79 Å². The summed E-state index contributed by atoms with van der Waals surface area (Å²) in [7, 11) is 0. The van der Waals surface area contributed by atoms with E-state index in [9.17, 15) is 4.79 Å². The Morgan fingerprint density at radius 1 is 1.05 bits per heavy atom. The first-order valence-electron chi connectivity index (χ1n) is 6.14. The lowest BCUT2D eigenvalue weighted by atomic mass is 10.1. The van der Waals surface area contributed by atoms with E-state index in [1.165, 1.54) is 0 Å². The Bertz CT molecular complexity index is 662. The molecule has 3 nitrogen and oxygen atoms in total. The zero-order chi connectivity index (χ0) is 15.2. The molecular formula is C15H12Cl2N2OS. The van der Waals surface area contributed by atoms with Crippen molar-refractivity contribution in [2.75, 3.05) is 5.32 Å². The molecule has 0 atom stereocenters. The van der Waals surface area contributed by atoms with Gasteiger partial charge in [-0.05, 0) is 36.0 Å². The Balaban J connectivity index is 1.89. The average Bonchev–Trinajstić information content (AvgIpc) is 2.43. The standard InChI is InChI=1S/C15H12Cl2N2OS/c16-12-7-6-11(9-13(12)17)18-15(21)19-14(20)8-10-4-2-1-3-5-10/h1-7,9H,8H2,(H2,18,19,20,21). The molecule has 0 aliphatic rings. The van der Waals surface area contributed by atoms with Crippen LogP contribution in [-0.2, 0) is 11.2 Å². The zero-order valence-corrected chi connectivity index (χ0v) is 13.2. The maximum atomic E-state index is 11.8. The summed E-state index contributed by atoms with van der Waals surface area (Å²) >= 11 is 16.8. The molecule has 0 aliphatic heterocycles. The van der Waals surface area contributed by atoms with Crippen LogP contribution in [0.4, 0.5) is 5.69 Å². The third-order valence-corrected chi connectivity index (χ3v) is 3.58. The number of carbonyl (C=O) groups excluding carboxylic acids is 1. The van der Waals surface area contributed by atoms with Gasteiger partial charge in [-0.2, -0.15) is 0 Å². The highest BCUT2D eigenvalue weighted by molar-refractivity contribution is 7.80. The average molecular weight is 339 g/mol. The van der Waals surface area contributed by atoms with Gasteiger partial charge in [0.1, 0.15) is 0 Å². The van der Waals surface area contributed by atoms with E-state index in [-0.39, 0.29) is 17.4 Å². The first kappa shape index (κ1) is 15.8. The van der Waals surface area contributed by atoms with Crippen LogP contribution in [0.1, 0.15) is 5.56 Å². The molecule has 2 rings (SSSR count). The maximum absolute atomic E-state index is 11.8. The van der Waals surface area contributed by atoms with E-state index in [1.807, 2.05) is 30.3 Å². The smallest absolute Gasteiger partial charge is 0.230 e. The van der Waals surface area contributed by atoms with Gasteiger partial charge in [0, 0.05) is 5.69 Å². The predicted molar refractivity (Wildman–Crippen MR) is 91.0 cm³/mol. The van der Waals surface area contributed by atoms with E-state index in [2.05, 4.69) is 10.6 Å². The first-order chi connectivity index (χ1) is 10.0. The van der Waals surface area contributed by atoms with E-state index in [0.29, 0.717) is 15.7 Å². The Morgan fingerprint density at radius 2 is 1.76 bits per heavy atom. The molecule has 6 heteroatoms. The highest BCUT2D eigenvalue weighted by atomic mass is 35.5. The summed E-state index contributed by atoms with van der Waals surface area (Å²) in [5.41, 5.74) is 1.58. The van der Waals surface area contributed by atoms with Crippen molar-refractivity contribution in [3.8, 4) is 0 Å². The highest BCUT2D eigenvalue weighted by Crippen LogP contribution is 2.24. The molecule has 0 fully saturated rings. The molecule has 0 bridgehead atoms. The fourth-order valence-electron chi connectivity index (χ4n) is 1.69. The first-order valence-corrected chi connectivity index (χ1v) is 7.31. The fourth-order valence-corrected chi connectivity index (χ4v) is 2.22. The van der Waals surface area contributed by atoms with Crippen molar-refractivity contribution in [3.63, 3.8) is 0 Å². The number of thiocarbonyl (C=S) groups is 1. The summed E-state index contributed by atoms with van der Waals surface area (Å²) in [4.78, 5) is 11.8. The van der Waals surface area contributed by atoms with Gasteiger partial charge in [-0.15, -0.1) is 0 Å². The summed E-state index contributed by atoms with van der Waals surface area (Å²) in [5.74, 6) is -0.182. The van der Waals surface area contributed by atoms with E-state index in [4.69, 9.17) is 35.4 Å². The molecule has 0 saturated carbocycles. The lowest BCUT2D eigenvalue weighted by Crippen LogP contribution is -2.35. The quantitative estimate of drug-likeness (QED) is 0.829. The van der Waals surface area contributed by atoms with Crippen LogP contribution < -0.4 is 10.6 Å². The maximum Gasteiger partial charge on any atom is 0.230 e. The topological polar surface area (TPSA) is 41.1 Å². The summed E-state index contributed by atoms with van der Waals surface area (Å²) in [5, 5.41) is 6.59. The Hall–Kier alpha value is -1.62. The molecular weight excluding hydrogens is 327 g/mol. The normalized spacial score (nSPS) is 10.0. The predicted octanol–water partition coefficient (Wildman–Crippen LogP) is 4.05. The van der Waals surface area contributed by atoms with Crippen molar-refractivity contribution < 1.29 is 4.79 Å². The number of carbonyl (C=O) groups is 1. The minimum absolute atomic E-state index is 0.182. The van der Waals surface area contributed by atoms with Crippen LogP contribution in [0, 0.1) is 0 Å². The minimum Gasteiger partial charge on any atom is -0.332 e. The van der Waals surface area contributed by atoms with Gasteiger partial charge in [-0.1, -0.05) is 53.5 Å². The van der Waals surface area contributed by atoms with Gasteiger partial charge in [0.15, 0.2) is 5.11 Å². The molecule has 0 aromatic heterocycles. The lowest BCUT2D eigenvalue weighted by molar-refractivity contribution is -0.119. The van der Waals surface area contributed by atoms with Gasteiger partial charge in [0.2, 0.25) is 5.91 Å². The molecule has 0 heterocycles. The number of rotatable bonds is 3. The molecule has 21 heavy (non-hydrogen) atoms. The SMILES string of the molecule is O=C(Cc1ccccc1)NC(=S)Nc1ccc(Cl)c(Cl)c1. The largest absolute Gasteiger partial charge is 0.332 e. The zero-order valence-electron chi connectivity index (χ0n) is 10.9. The Labute approximate surface area is 138 Å². The van der Waals surface area contributed by atoms with Gasteiger partial charge in [0.05, 0.1) is 16.5 Å². The fraction of sp³-hybridized carbons (Fsp3) is 0.0667. The molecule has 0 radical (unpaired) electrons. The van der Waals surface area contributed by atoms with E-state index < -0.39 is 0 Å². The lowest BCUT2D eigenvalue weighted by Gasteiger charge is -2.10. The Morgan fingerprint density at radius 3 is 2.43 bits per heavy atom. The second-order valence-electron chi connectivity index (χ2n) is 4.29. The summed E-state index contributed by atoms with van der Waals surface area (Å²) in [6, 6.07) is 14.5. The van der Waals surface area contributed by atoms with Crippen LogP contribution in [-0.4, -0.2) is 11.0 Å². The minimum atomic E-state index is -0.182. The van der Waals surface area contributed by atoms with Crippen LogP contribution in [0.2, 0.25) is 10.0 Å². The van der Waals surface area contributed by atoms with Crippen molar-refractivity contribution in [1.29, 1.82) is 0 Å². The molecule has 2 aromatic carbocycles. The van der Waals surface area contributed by atoms with E-state index in [0.717, 1.165) is 5.56 Å². The van der Waals surface area contributed by atoms with Crippen LogP contribution in [0.5, 0.6) is 0 Å². The Kier molecular flexibility index (Phi) is 5.56. The molecule has 1 amide bonds. The van der Waals surface area contributed by atoms with Crippen LogP contribution >= 0.6 is 35.4 Å². The summed E-state index contributed by atoms with van der Waals surface area (Å²) < 4.78 is 0. The number of hydrogen-bond donors (Lipinski definition) is 2. The van der Waals surface area contributed by atoms with Crippen LogP contribution in [0.3, 0.4) is 0 Å². The third-order valence-electron chi connectivity index (χ3n) is 2.64. The van der Waals surface area contributed by atoms with Gasteiger partial charge in [0.25, 0.3) is 0 Å². The van der Waals surface area contributed by atoms with Crippen molar-refractivity contribution in [3.05, 3.63) is 64.1 Å². The molecule has 2 aromatic rings. The summed E-state index contributed by atoms with van der Waals surface area (Å²) in [6.07, 6.45) is 0.268. The molecule has 0 spiro atoms. The molecule has 2 N–H and O–H groups in total. The van der Waals surface area contributed by atoms with Crippen molar-refractivity contribution in [1.82, 2.24) is 5.32 Å². The number of benzene rings is 2. The second-order valence-corrected chi connectivity index (χ2v) is 5.52. The van der Waals surface area contributed by atoms with E-state index >= 15 is 0 Å². The second kappa shape index (κ2) is 7.41. The third kappa shape index (κ3) is 5.01. The number of amides is 1. The number of anilines is 1. The van der Waals surface area contributed by atoms with Crippen molar-refractivity contribution in [2.24, 2.45) is 0 Å². The monoisotopic (exact) mass is 338 g/mol. The summed E-state index contributed by atoms with van der Waals surface area (Å²) in [6.45, 7) is 0. The molecule has 0 saturated heterocycles. The van der Waals surface area contributed by atoms with Crippen molar-refractivity contribution >= 4 is 52.1 Å². The van der Waals surface area contributed by atoms with Crippen LogP contribution in [0.15, 0.2) is 48.5 Å². The van der Waals surface area contributed by atoms with E-state index in [1.54, 1.807) is 18.2 Å². The van der Waals surface area contributed by atoms with Crippen LogP contribution in [0.25, 0.3) is 0 Å². The number of nitrogens with one attached hydrogen (secondary N) is 2. The van der Waals surface area contributed by atoms with Gasteiger partial charge in [-0.25, -0.2) is 0 Å². The number of halogens is 2. The highest BCUT2D eigenvalue weighted by Gasteiger charge is 2.07. The van der Waals surface area contributed by atoms with Gasteiger partial charge >= 0.3 is 0 Å². The van der Waals surface area contributed by atoms with Gasteiger partial charge < -0.3 is 10.6 Å². The number of hydrogen-bond acceptors (Lipinski definition) is 2. The molecule has 0 aliphatic carbocycles. The molecule has 108 valence electrons.